The Labute approximate surface area is 137 Å². The van der Waals surface area contributed by atoms with Gasteiger partial charge in [-0.05, 0) is 43.0 Å². The first-order valence-electron chi connectivity index (χ1n) is 7.57. The molecule has 1 aliphatic carbocycles. The van der Waals surface area contributed by atoms with E-state index in [1.165, 1.54) is 17.6 Å². The lowest BCUT2D eigenvalue weighted by Crippen LogP contribution is -2.42. The zero-order valence-corrected chi connectivity index (χ0v) is 13.2. The fraction of sp³-hybridized carbons (Fsp3) is 0.294. The first-order chi connectivity index (χ1) is 11.2. The van der Waals surface area contributed by atoms with Gasteiger partial charge >= 0.3 is 0 Å². The van der Waals surface area contributed by atoms with Crippen molar-refractivity contribution in [3.8, 4) is 0 Å². The van der Waals surface area contributed by atoms with E-state index in [1.807, 2.05) is 24.3 Å². The highest BCUT2D eigenvalue weighted by molar-refractivity contribution is 7.20. The monoisotopic (exact) mass is 328 g/mol. The van der Waals surface area contributed by atoms with Crippen molar-refractivity contribution < 1.29 is 14.3 Å². The topological polar surface area (TPSA) is 75.4 Å². The van der Waals surface area contributed by atoms with Crippen LogP contribution in [0.15, 0.2) is 47.1 Å². The van der Waals surface area contributed by atoms with E-state index in [0.717, 1.165) is 23.1 Å². The van der Waals surface area contributed by atoms with Crippen LogP contribution in [0, 0.1) is 5.92 Å². The third kappa shape index (κ3) is 2.64. The number of thiazole rings is 1. The lowest BCUT2D eigenvalue weighted by molar-refractivity contribution is -0.00610. The Morgan fingerprint density at radius 1 is 1.35 bits per heavy atom. The Bertz CT molecular complexity index is 806. The molecule has 118 valence electrons. The molecule has 0 spiro atoms. The minimum absolute atomic E-state index is 0.125. The maximum atomic E-state index is 12.4. The van der Waals surface area contributed by atoms with Gasteiger partial charge < -0.3 is 14.8 Å². The summed E-state index contributed by atoms with van der Waals surface area (Å²) in [6, 6.07) is 11.1. The molecular weight excluding hydrogens is 312 g/mol. The molecule has 0 radical (unpaired) electrons. The van der Waals surface area contributed by atoms with Crippen LogP contribution in [0.25, 0.3) is 10.2 Å². The van der Waals surface area contributed by atoms with Gasteiger partial charge in [-0.2, -0.15) is 0 Å². The van der Waals surface area contributed by atoms with Crippen molar-refractivity contribution in [2.24, 2.45) is 5.92 Å². The molecule has 2 aromatic heterocycles. The largest absolute Gasteiger partial charge is 0.466 e. The van der Waals surface area contributed by atoms with Crippen molar-refractivity contribution in [1.82, 2.24) is 10.3 Å². The van der Waals surface area contributed by atoms with Crippen LogP contribution >= 0.6 is 11.3 Å². The summed E-state index contributed by atoms with van der Waals surface area (Å²) in [4.78, 5) is 16.7. The number of rotatable bonds is 5. The van der Waals surface area contributed by atoms with E-state index >= 15 is 0 Å². The summed E-state index contributed by atoms with van der Waals surface area (Å²) >= 11 is 1.35. The van der Waals surface area contributed by atoms with Crippen LogP contribution in [0.1, 0.15) is 28.4 Å². The Morgan fingerprint density at radius 2 is 2.17 bits per heavy atom. The third-order valence-corrected chi connectivity index (χ3v) is 5.24. The van der Waals surface area contributed by atoms with Gasteiger partial charge in [-0.3, -0.25) is 4.79 Å². The van der Waals surface area contributed by atoms with Crippen molar-refractivity contribution >= 4 is 27.5 Å². The molecule has 1 aromatic carbocycles. The highest BCUT2D eigenvalue weighted by Gasteiger charge is 2.47. The van der Waals surface area contributed by atoms with Crippen LogP contribution in [-0.2, 0) is 5.60 Å². The Kier molecular flexibility index (Phi) is 3.43. The molecule has 6 heteroatoms. The molecule has 1 atom stereocenters. The average Bonchev–Trinajstić information content (AvgIpc) is 3.12. The van der Waals surface area contributed by atoms with Gasteiger partial charge in [0.2, 0.25) is 0 Å². The fourth-order valence-electron chi connectivity index (χ4n) is 2.78. The molecule has 0 unspecified atom stereocenters. The summed E-state index contributed by atoms with van der Waals surface area (Å²) in [6.07, 6.45) is 3.42. The molecule has 1 fully saturated rings. The molecule has 5 nitrogen and oxygen atoms in total. The van der Waals surface area contributed by atoms with E-state index in [4.69, 9.17) is 4.42 Å². The SMILES string of the molecule is O=C(NC[C@@](O)(c1ccco1)C1CC1)c1nc2ccccc2s1. The number of furan rings is 1. The summed E-state index contributed by atoms with van der Waals surface area (Å²) in [6.45, 7) is 0.125. The summed E-state index contributed by atoms with van der Waals surface area (Å²) in [5.74, 6) is 0.366. The van der Waals surface area contributed by atoms with Gasteiger partial charge in [0.25, 0.3) is 5.91 Å². The number of aromatic nitrogens is 1. The smallest absolute Gasteiger partial charge is 0.280 e. The Morgan fingerprint density at radius 3 is 2.87 bits per heavy atom. The molecule has 0 aliphatic heterocycles. The summed E-state index contributed by atoms with van der Waals surface area (Å²) in [5, 5.41) is 14.1. The summed E-state index contributed by atoms with van der Waals surface area (Å²) in [5.41, 5.74) is -0.332. The zero-order chi connectivity index (χ0) is 15.9. The van der Waals surface area contributed by atoms with Gasteiger partial charge in [0.05, 0.1) is 23.0 Å². The lowest BCUT2D eigenvalue weighted by atomic mass is 9.94. The lowest BCUT2D eigenvalue weighted by Gasteiger charge is -2.26. The predicted octanol–water partition coefficient (Wildman–Crippen LogP) is 2.92. The second kappa shape index (κ2) is 5.47. The first-order valence-corrected chi connectivity index (χ1v) is 8.38. The highest BCUT2D eigenvalue weighted by Crippen LogP contribution is 2.45. The van der Waals surface area contributed by atoms with Gasteiger partial charge in [0.1, 0.15) is 11.4 Å². The molecule has 0 bridgehead atoms. The van der Waals surface area contributed by atoms with Crippen LogP contribution in [0.5, 0.6) is 0 Å². The van der Waals surface area contributed by atoms with Crippen LogP contribution in [0.3, 0.4) is 0 Å². The molecule has 1 saturated carbocycles. The maximum Gasteiger partial charge on any atom is 0.280 e. The first kappa shape index (κ1) is 14.4. The number of carbonyl (C=O) groups is 1. The van der Waals surface area contributed by atoms with Gasteiger partial charge in [-0.15, -0.1) is 11.3 Å². The number of carbonyl (C=O) groups excluding carboxylic acids is 1. The molecular formula is C17H16N2O3S. The normalized spacial score (nSPS) is 17.1. The molecule has 2 heterocycles. The number of fused-ring (bicyclic) bond motifs is 1. The number of hydrogen-bond donors (Lipinski definition) is 2. The quantitative estimate of drug-likeness (QED) is 0.755. The number of amides is 1. The molecule has 4 rings (SSSR count). The summed E-state index contributed by atoms with van der Waals surface area (Å²) in [7, 11) is 0. The number of hydrogen-bond acceptors (Lipinski definition) is 5. The molecule has 1 amide bonds. The van der Waals surface area contributed by atoms with E-state index in [9.17, 15) is 9.90 Å². The van der Waals surface area contributed by atoms with E-state index in [0.29, 0.717) is 10.8 Å². The number of aliphatic hydroxyl groups is 1. The van der Waals surface area contributed by atoms with E-state index in [2.05, 4.69) is 10.3 Å². The molecule has 23 heavy (non-hydrogen) atoms. The minimum Gasteiger partial charge on any atom is -0.466 e. The van der Waals surface area contributed by atoms with Crippen molar-refractivity contribution in [2.45, 2.75) is 18.4 Å². The standard InChI is InChI=1S/C17H16N2O3S/c20-15(16-19-12-4-1-2-5-13(12)23-16)18-10-17(21,11-7-8-11)14-6-3-9-22-14/h1-6,9,11,21H,7-8,10H2,(H,18,20)/t17-/m0/s1. The predicted molar refractivity (Wildman–Crippen MR) is 87.3 cm³/mol. The van der Waals surface area contributed by atoms with Crippen LogP contribution in [-0.4, -0.2) is 22.5 Å². The van der Waals surface area contributed by atoms with E-state index in [1.54, 1.807) is 12.1 Å². The van der Waals surface area contributed by atoms with Gasteiger partial charge in [0, 0.05) is 0 Å². The van der Waals surface area contributed by atoms with Crippen molar-refractivity contribution in [2.75, 3.05) is 6.54 Å². The third-order valence-electron chi connectivity index (χ3n) is 4.21. The Balaban J connectivity index is 1.52. The van der Waals surface area contributed by atoms with Crippen molar-refractivity contribution in [3.63, 3.8) is 0 Å². The number of para-hydroxylation sites is 1. The highest BCUT2D eigenvalue weighted by atomic mass is 32.1. The second-order valence-electron chi connectivity index (χ2n) is 5.85. The second-order valence-corrected chi connectivity index (χ2v) is 6.88. The van der Waals surface area contributed by atoms with Crippen molar-refractivity contribution in [1.29, 1.82) is 0 Å². The minimum atomic E-state index is -1.14. The van der Waals surface area contributed by atoms with E-state index < -0.39 is 5.60 Å². The van der Waals surface area contributed by atoms with E-state index in [-0.39, 0.29) is 18.4 Å². The molecule has 1 aliphatic rings. The Hall–Kier alpha value is -2.18. The average molecular weight is 328 g/mol. The molecule has 2 N–H and O–H groups in total. The molecule has 0 saturated heterocycles. The molecule has 3 aromatic rings. The van der Waals surface area contributed by atoms with Crippen LogP contribution in [0.4, 0.5) is 0 Å². The number of nitrogens with one attached hydrogen (secondary N) is 1. The van der Waals surface area contributed by atoms with Crippen LogP contribution < -0.4 is 5.32 Å². The fourth-order valence-corrected chi connectivity index (χ4v) is 3.66. The summed E-state index contributed by atoms with van der Waals surface area (Å²) < 4.78 is 6.34. The van der Waals surface area contributed by atoms with Crippen LogP contribution in [0.2, 0.25) is 0 Å². The van der Waals surface area contributed by atoms with Gasteiger partial charge in [0.15, 0.2) is 5.01 Å². The van der Waals surface area contributed by atoms with Gasteiger partial charge in [-0.1, -0.05) is 12.1 Å². The number of nitrogens with zero attached hydrogens (tertiary/aromatic N) is 1. The van der Waals surface area contributed by atoms with Gasteiger partial charge in [-0.25, -0.2) is 4.98 Å². The zero-order valence-electron chi connectivity index (χ0n) is 12.4. The van der Waals surface area contributed by atoms with Crippen molar-refractivity contribution in [3.05, 3.63) is 53.4 Å². The maximum absolute atomic E-state index is 12.4. The number of benzene rings is 1.